The van der Waals surface area contributed by atoms with Gasteiger partial charge in [-0.15, -0.1) is 0 Å². The molecule has 1 saturated heterocycles. The highest BCUT2D eigenvalue weighted by Gasteiger charge is 2.25. The Hall–Kier alpha value is -1.27. The maximum absolute atomic E-state index is 8.91. The van der Waals surface area contributed by atoms with Gasteiger partial charge in [0.2, 0.25) is 0 Å². The van der Waals surface area contributed by atoms with Crippen molar-refractivity contribution in [3.8, 4) is 6.07 Å². The number of halogens is 1. The van der Waals surface area contributed by atoms with Crippen LogP contribution in [0.5, 0.6) is 0 Å². The van der Waals surface area contributed by atoms with Crippen molar-refractivity contribution in [1.82, 2.24) is 4.98 Å². The first-order valence-corrected chi connectivity index (χ1v) is 6.30. The molecule has 0 aromatic carbocycles. The summed E-state index contributed by atoms with van der Waals surface area (Å²) >= 11 is 5.92. The number of hydrogen-bond acceptors (Lipinski definition) is 3. The van der Waals surface area contributed by atoms with Crippen LogP contribution in [0.3, 0.4) is 0 Å². The molecule has 0 bridgehead atoms. The highest BCUT2D eigenvalue weighted by Crippen LogP contribution is 2.28. The molecule has 0 amide bonds. The van der Waals surface area contributed by atoms with Gasteiger partial charge < -0.3 is 4.90 Å². The van der Waals surface area contributed by atoms with Crippen LogP contribution in [0.25, 0.3) is 0 Å². The van der Waals surface area contributed by atoms with E-state index in [9.17, 15) is 0 Å². The lowest BCUT2D eigenvalue weighted by molar-refractivity contribution is 0.422. The van der Waals surface area contributed by atoms with Crippen LogP contribution in [0.4, 0.5) is 5.82 Å². The minimum atomic E-state index is 0.395. The van der Waals surface area contributed by atoms with Crippen molar-refractivity contribution in [3.63, 3.8) is 0 Å². The first-order valence-electron chi connectivity index (χ1n) is 5.93. The summed E-state index contributed by atoms with van der Waals surface area (Å²) in [6.45, 7) is 6.51. The second kappa shape index (κ2) is 4.93. The number of nitriles is 1. The van der Waals surface area contributed by atoms with Crippen LogP contribution in [-0.2, 0) is 0 Å². The molecule has 1 aliphatic heterocycles. The third-order valence-electron chi connectivity index (χ3n) is 3.40. The van der Waals surface area contributed by atoms with Gasteiger partial charge in [0.15, 0.2) is 0 Å². The normalized spacial score (nSPS) is 19.7. The standard InChI is InChI=1S/C13H16ClN3/c1-9(2)11-3-4-17(8-11)13-6-10(7-15)5-12(14)16-13/h5-6,9,11H,3-4,8H2,1-2H3. The fourth-order valence-electron chi connectivity index (χ4n) is 2.25. The van der Waals surface area contributed by atoms with E-state index in [1.54, 1.807) is 6.07 Å². The van der Waals surface area contributed by atoms with Gasteiger partial charge >= 0.3 is 0 Å². The van der Waals surface area contributed by atoms with Gasteiger partial charge in [-0.3, -0.25) is 0 Å². The smallest absolute Gasteiger partial charge is 0.132 e. The van der Waals surface area contributed by atoms with Gasteiger partial charge in [0.25, 0.3) is 0 Å². The van der Waals surface area contributed by atoms with E-state index in [4.69, 9.17) is 16.9 Å². The average Bonchev–Trinajstić information content (AvgIpc) is 2.77. The molecule has 1 atom stereocenters. The SMILES string of the molecule is CC(C)C1CCN(c2cc(C#N)cc(Cl)n2)C1. The lowest BCUT2D eigenvalue weighted by Gasteiger charge is -2.19. The Morgan fingerprint density at radius 1 is 1.53 bits per heavy atom. The van der Waals surface area contributed by atoms with E-state index >= 15 is 0 Å². The van der Waals surface area contributed by atoms with Gasteiger partial charge in [-0.1, -0.05) is 25.4 Å². The summed E-state index contributed by atoms with van der Waals surface area (Å²) in [6.07, 6.45) is 1.19. The van der Waals surface area contributed by atoms with Crippen molar-refractivity contribution >= 4 is 17.4 Å². The molecule has 2 rings (SSSR count). The van der Waals surface area contributed by atoms with Crippen molar-refractivity contribution in [1.29, 1.82) is 5.26 Å². The molecule has 1 aliphatic rings. The summed E-state index contributed by atoms with van der Waals surface area (Å²) in [6, 6.07) is 5.53. The number of pyridine rings is 1. The quantitative estimate of drug-likeness (QED) is 0.757. The molecule has 0 aliphatic carbocycles. The van der Waals surface area contributed by atoms with Gasteiger partial charge in [0.1, 0.15) is 11.0 Å². The number of rotatable bonds is 2. The maximum Gasteiger partial charge on any atom is 0.132 e. The van der Waals surface area contributed by atoms with Gasteiger partial charge in [0.05, 0.1) is 11.6 Å². The number of nitrogens with zero attached hydrogens (tertiary/aromatic N) is 3. The molecule has 1 aromatic heterocycles. The van der Waals surface area contributed by atoms with E-state index in [1.807, 2.05) is 6.07 Å². The second-order valence-electron chi connectivity index (χ2n) is 4.89. The largest absolute Gasteiger partial charge is 0.356 e. The zero-order valence-corrected chi connectivity index (χ0v) is 10.9. The summed E-state index contributed by atoms with van der Waals surface area (Å²) in [5.41, 5.74) is 0.577. The Morgan fingerprint density at radius 2 is 2.29 bits per heavy atom. The maximum atomic E-state index is 8.91. The van der Waals surface area contributed by atoms with Crippen molar-refractivity contribution in [2.24, 2.45) is 11.8 Å². The molecule has 0 radical (unpaired) electrons. The Morgan fingerprint density at radius 3 is 2.88 bits per heavy atom. The van der Waals surface area contributed by atoms with E-state index in [-0.39, 0.29) is 0 Å². The molecule has 1 fully saturated rings. The summed E-state index contributed by atoms with van der Waals surface area (Å²) in [7, 11) is 0. The lowest BCUT2D eigenvalue weighted by Crippen LogP contribution is -2.22. The second-order valence-corrected chi connectivity index (χ2v) is 5.27. The van der Waals surface area contributed by atoms with E-state index < -0.39 is 0 Å². The molecule has 1 aromatic rings. The van der Waals surface area contributed by atoms with Gasteiger partial charge in [-0.2, -0.15) is 5.26 Å². The van der Waals surface area contributed by atoms with Crippen LogP contribution in [0.1, 0.15) is 25.8 Å². The van der Waals surface area contributed by atoms with Gasteiger partial charge in [0, 0.05) is 13.1 Å². The molecular weight excluding hydrogens is 234 g/mol. The fraction of sp³-hybridized carbons (Fsp3) is 0.538. The molecule has 17 heavy (non-hydrogen) atoms. The Bertz CT molecular complexity index is 450. The number of aromatic nitrogens is 1. The summed E-state index contributed by atoms with van der Waals surface area (Å²) < 4.78 is 0. The Balaban J connectivity index is 2.19. The first-order chi connectivity index (χ1) is 8.10. The molecule has 4 heteroatoms. The minimum absolute atomic E-state index is 0.395. The molecule has 90 valence electrons. The van der Waals surface area contributed by atoms with Crippen molar-refractivity contribution < 1.29 is 0 Å². The van der Waals surface area contributed by atoms with Crippen molar-refractivity contribution in [3.05, 3.63) is 22.8 Å². The van der Waals surface area contributed by atoms with Crippen molar-refractivity contribution in [2.45, 2.75) is 20.3 Å². The van der Waals surface area contributed by atoms with Crippen LogP contribution in [0.2, 0.25) is 5.15 Å². The predicted octanol–water partition coefficient (Wildman–Crippen LogP) is 3.09. The van der Waals surface area contributed by atoms with E-state index in [0.717, 1.165) is 18.9 Å². The monoisotopic (exact) mass is 249 g/mol. The number of hydrogen-bond donors (Lipinski definition) is 0. The van der Waals surface area contributed by atoms with Crippen LogP contribution in [0, 0.1) is 23.2 Å². The molecule has 0 saturated carbocycles. The zero-order chi connectivity index (χ0) is 12.4. The molecular formula is C13H16ClN3. The molecule has 3 nitrogen and oxygen atoms in total. The molecule has 2 heterocycles. The Kier molecular flexibility index (Phi) is 3.54. The van der Waals surface area contributed by atoms with Crippen LogP contribution < -0.4 is 4.90 Å². The topological polar surface area (TPSA) is 39.9 Å². The van der Waals surface area contributed by atoms with E-state index in [1.165, 1.54) is 6.42 Å². The van der Waals surface area contributed by atoms with Crippen LogP contribution in [0.15, 0.2) is 12.1 Å². The number of anilines is 1. The van der Waals surface area contributed by atoms with Gasteiger partial charge in [-0.25, -0.2) is 4.98 Å². The zero-order valence-electron chi connectivity index (χ0n) is 10.2. The van der Waals surface area contributed by atoms with E-state index in [0.29, 0.717) is 22.6 Å². The lowest BCUT2D eigenvalue weighted by atomic mass is 9.95. The first kappa shape index (κ1) is 12.2. The highest BCUT2D eigenvalue weighted by molar-refractivity contribution is 6.29. The summed E-state index contributed by atoms with van der Waals surface area (Å²) in [5, 5.41) is 9.31. The van der Waals surface area contributed by atoms with Gasteiger partial charge in [-0.05, 0) is 30.4 Å². The van der Waals surface area contributed by atoms with Crippen LogP contribution in [-0.4, -0.2) is 18.1 Å². The highest BCUT2D eigenvalue weighted by atomic mass is 35.5. The predicted molar refractivity (Wildman–Crippen MR) is 69.1 cm³/mol. The minimum Gasteiger partial charge on any atom is -0.356 e. The fourth-order valence-corrected chi connectivity index (χ4v) is 2.45. The molecule has 0 spiro atoms. The summed E-state index contributed by atoms with van der Waals surface area (Å²) in [5.74, 6) is 2.23. The van der Waals surface area contributed by atoms with E-state index in [2.05, 4.69) is 29.8 Å². The third-order valence-corrected chi connectivity index (χ3v) is 3.59. The van der Waals surface area contributed by atoms with Crippen LogP contribution >= 0.6 is 11.6 Å². The summed E-state index contributed by atoms with van der Waals surface area (Å²) in [4.78, 5) is 6.52. The average molecular weight is 250 g/mol. The molecule has 1 unspecified atom stereocenters. The molecule has 0 N–H and O–H groups in total. The third kappa shape index (κ3) is 2.70. The van der Waals surface area contributed by atoms with Crippen molar-refractivity contribution in [2.75, 3.05) is 18.0 Å². The Labute approximate surface area is 107 Å².